The molecule has 0 aliphatic heterocycles. The molecule has 1 aromatic rings. The largest absolute Gasteiger partial charge is 0.312 e. The van der Waals surface area contributed by atoms with E-state index in [-0.39, 0.29) is 12.1 Å². The van der Waals surface area contributed by atoms with Crippen LogP contribution in [0, 0.1) is 21.7 Å². The summed E-state index contributed by atoms with van der Waals surface area (Å²) in [5.41, 5.74) is 6.95. The highest BCUT2D eigenvalue weighted by atomic mass is 19.1. The van der Waals surface area contributed by atoms with Crippen molar-refractivity contribution < 1.29 is 13.7 Å². The van der Waals surface area contributed by atoms with Crippen LogP contribution in [0.2, 0.25) is 0 Å². The molecule has 0 aliphatic rings. The number of halogens is 2. The molecule has 0 saturated heterocycles. The summed E-state index contributed by atoms with van der Waals surface area (Å²) in [6.45, 7) is -0.0637. The molecular weight excluding hydrogens is 234 g/mol. The monoisotopic (exact) mass is 240 g/mol. The fourth-order valence-electron chi connectivity index (χ4n) is 1.17. The van der Waals surface area contributed by atoms with Gasteiger partial charge in [0.25, 0.3) is 0 Å². The number of benzene rings is 1. The minimum atomic E-state index is -1.25. The zero-order chi connectivity index (χ0) is 12.8. The van der Waals surface area contributed by atoms with Gasteiger partial charge in [-0.25, -0.2) is 4.39 Å². The van der Waals surface area contributed by atoms with Gasteiger partial charge in [-0.3, -0.25) is 10.1 Å². The molecule has 0 fully saturated rings. The smallest absolute Gasteiger partial charge is 0.258 e. The number of nitro groups is 1. The van der Waals surface area contributed by atoms with Crippen LogP contribution in [0.5, 0.6) is 0 Å². The zero-order valence-electron chi connectivity index (χ0n) is 8.38. The van der Waals surface area contributed by atoms with E-state index in [1.54, 1.807) is 0 Å². The number of rotatable bonds is 4. The number of azide groups is 1. The highest BCUT2D eigenvalue weighted by Gasteiger charge is 2.19. The minimum absolute atomic E-state index is 0.0637. The quantitative estimate of drug-likeness (QED) is 0.266. The summed E-state index contributed by atoms with van der Waals surface area (Å²) < 4.78 is 26.0. The molecule has 0 amide bonds. The van der Waals surface area contributed by atoms with Crippen molar-refractivity contribution in [3.05, 3.63) is 56.0 Å². The van der Waals surface area contributed by atoms with E-state index >= 15 is 0 Å². The number of hydrogen-bond donors (Lipinski definition) is 0. The second-order valence-corrected chi connectivity index (χ2v) is 2.90. The summed E-state index contributed by atoms with van der Waals surface area (Å²) in [6, 6.07) is 1.26. The van der Waals surface area contributed by atoms with Gasteiger partial charge in [0.2, 0.25) is 5.82 Å². The van der Waals surface area contributed by atoms with Crippen LogP contribution in [-0.2, 0) is 0 Å². The van der Waals surface area contributed by atoms with Crippen molar-refractivity contribution in [1.82, 2.24) is 0 Å². The molecule has 17 heavy (non-hydrogen) atoms. The first-order valence-electron chi connectivity index (χ1n) is 4.37. The molecule has 0 aromatic heterocycles. The number of hydrogen-bond acceptors (Lipinski definition) is 3. The first-order valence-corrected chi connectivity index (χ1v) is 4.37. The third-order valence-electron chi connectivity index (χ3n) is 1.79. The fraction of sp³-hybridized carbons (Fsp3) is 0.111. The minimum Gasteiger partial charge on any atom is -0.258 e. The Balaban J connectivity index is 3.16. The molecule has 0 heterocycles. The second kappa shape index (κ2) is 5.57. The van der Waals surface area contributed by atoms with Crippen LogP contribution in [0.15, 0.2) is 23.3 Å². The average molecular weight is 240 g/mol. The van der Waals surface area contributed by atoms with Crippen LogP contribution in [0.1, 0.15) is 5.56 Å². The van der Waals surface area contributed by atoms with Gasteiger partial charge in [-0.15, -0.1) is 0 Å². The van der Waals surface area contributed by atoms with Crippen molar-refractivity contribution in [3.8, 4) is 0 Å². The maximum Gasteiger partial charge on any atom is 0.312 e. The lowest BCUT2D eigenvalue weighted by molar-refractivity contribution is -0.387. The highest BCUT2D eigenvalue weighted by Crippen LogP contribution is 2.25. The number of nitro benzene ring substituents is 1. The van der Waals surface area contributed by atoms with E-state index in [9.17, 15) is 18.9 Å². The summed E-state index contributed by atoms with van der Waals surface area (Å²) in [5.74, 6) is -2.17. The van der Waals surface area contributed by atoms with Gasteiger partial charge >= 0.3 is 5.69 Å². The van der Waals surface area contributed by atoms with Gasteiger partial charge in [-0.1, -0.05) is 17.3 Å². The SMILES string of the molecule is [N-]=[N+]=NCC=Cc1cc(F)cc(F)c1[N+](=O)[O-]. The van der Waals surface area contributed by atoms with Crippen LogP contribution in [0.3, 0.4) is 0 Å². The molecule has 0 unspecified atom stereocenters. The molecule has 1 rings (SSSR count). The van der Waals surface area contributed by atoms with Crippen LogP contribution < -0.4 is 0 Å². The Hall–Kier alpha value is -2.47. The van der Waals surface area contributed by atoms with Gasteiger partial charge in [0.05, 0.1) is 10.5 Å². The van der Waals surface area contributed by atoms with Crippen LogP contribution in [0.25, 0.3) is 16.5 Å². The van der Waals surface area contributed by atoms with E-state index in [2.05, 4.69) is 10.0 Å². The van der Waals surface area contributed by atoms with E-state index in [1.165, 1.54) is 6.08 Å². The molecule has 88 valence electrons. The molecular formula is C9H6F2N4O2. The maximum absolute atomic E-state index is 13.1. The number of nitrogens with zero attached hydrogens (tertiary/aromatic N) is 4. The van der Waals surface area contributed by atoms with E-state index in [1.807, 2.05) is 0 Å². The van der Waals surface area contributed by atoms with Gasteiger partial charge in [0.15, 0.2) is 0 Å². The molecule has 0 spiro atoms. The summed E-state index contributed by atoms with van der Waals surface area (Å²) in [5, 5.41) is 13.7. The van der Waals surface area contributed by atoms with Crippen LogP contribution in [0.4, 0.5) is 14.5 Å². The Bertz CT molecular complexity index is 524. The van der Waals surface area contributed by atoms with Gasteiger partial charge in [0.1, 0.15) is 5.82 Å². The lowest BCUT2D eigenvalue weighted by atomic mass is 10.1. The van der Waals surface area contributed by atoms with Gasteiger partial charge < -0.3 is 0 Å². The van der Waals surface area contributed by atoms with Crippen LogP contribution in [-0.4, -0.2) is 11.5 Å². The van der Waals surface area contributed by atoms with Crippen molar-refractivity contribution in [3.63, 3.8) is 0 Å². The third kappa shape index (κ3) is 3.25. The van der Waals surface area contributed by atoms with E-state index in [4.69, 9.17) is 5.53 Å². The van der Waals surface area contributed by atoms with E-state index in [0.717, 1.165) is 12.1 Å². The Labute approximate surface area is 94.0 Å². The molecule has 0 bridgehead atoms. The molecule has 0 aliphatic carbocycles. The third-order valence-corrected chi connectivity index (χ3v) is 1.79. The topological polar surface area (TPSA) is 91.9 Å². The lowest BCUT2D eigenvalue weighted by Crippen LogP contribution is -1.97. The van der Waals surface area contributed by atoms with Crippen molar-refractivity contribution in [2.75, 3.05) is 6.54 Å². The summed E-state index contributed by atoms with van der Waals surface area (Å²) in [7, 11) is 0. The normalized spacial score (nSPS) is 10.2. The average Bonchev–Trinajstić information content (AvgIpc) is 2.22. The Morgan fingerprint density at radius 1 is 1.53 bits per heavy atom. The maximum atomic E-state index is 13.1. The van der Waals surface area contributed by atoms with Gasteiger partial charge in [0, 0.05) is 17.5 Å². The van der Waals surface area contributed by atoms with Crippen molar-refractivity contribution >= 4 is 11.8 Å². The Morgan fingerprint density at radius 2 is 2.24 bits per heavy atom. The predicted octanol–water partition coefficient (Wildman–Crippen LogP) is 3.20. The Morgan fingerprint density at radius 3 is 2.82 bits per heavy atom. The van der Waals surface area contributed by atoms with Crippen LogP contribution >= 0.6 is 0 Å². The molecule has 1 aromatic carbocycles. The van der Waals surface area contributed by atoms with E-state index in [0.29, 0.717) is 6.07 Å². The standard InChI is InChI=1S/C9H6F2N4O2/c10-7-4-6(2-1-3-13-14-12)9(15(16)17)8(11)5-7/h1-2,4-5H,3H2. The summed E-state index contributed by atoms with van der Waals surface area (Å²) in [4.78, 5) is 12.1. The lowest BCUT2D eigenvalue weighted by Gasteiger charge is -1.99. The van der Waals surface area contributed by atoms with Gasteiger partial charge in [-0.05, 0) is 11.6 Å². The fourth-order valence-corrected chi connectivity index (χ4v) is 1.17. The molecule has 0 saturated carbocycles. The predicted molar refractivity (Wildman–Crippen MR) is 56.1 cm³/mol. The van der Waals surface area contributed by atoms with E-state index < -0.39 is 22.2 Å². The first kappa shape index (κ1) is 12.6. The molecule has 6 nitrogen and oxygen atoms in total. The summed E-state index contributed by atoms with van der Waals surface area (Å²) in [6.07, 6.45) is 2.39. The Kier molecular flexibility index (Phi) is 4.13. The molecule has 0 radical (unpaired) electrons. The van der Waals surface area contributed by atoms with Crippen molar-refractivity contribution in [2.45, 2.75) is 0 Å². The van der Waals surface area contributed by atoms with Gasteiger partial charge in [-0.2, -0.15) is 4.39 Å². The molecule has 8 heteroatoms. The second-order valence-electron chi connectivity index (χ2n) is 2.90. The summed E-state index contributed by atoms with van der Waals surface area (Å²) >= 11 is 0. The highest BCUT2D eigenvalue weighted by molar-refractivity contribution is 5.61. The molecule has 0 N–H and O–H groups in total. The molecule has 0 atom stereocenters. The first-order chi connectivity index (χ1) is 8.06. The van der Waals surface area contributed by atoms with Crippen molar-refractivity contribution in [2.24, 2.45) is 5.11 Å². The zero-order valence-corrected chi connectivity index (χ0v) is 8.38. The van der Waals surface area contributed by atoms with Crippen molar-refractivity contribution in [1.29, 1.82) is 0 Å².